The normalized spacial score (nSPS) is 14.5. The minimum atomic E-state index is -1.72. The topological polar surface area (TPSA) is 105 Å². The van der Waals surface area contributed by atoms with E-state index in [4.69, 9.17) is 20.3 Å². The molecule has 2 N–H and O–H groups in total. The first-order valence-electron chi connectivity index (χ1n) is 12.5. The van der Waals surface area contributed by atoms with E-state index in [0.717, 1.165) is 31.9 Å². The lowest BCUT2D eigenvalue weighted by Gasteiger charge is -2.33. The highest BCUT2D eigenvalue weighted by atomic mass is 19.2. The summed E-state index contributed by atoms with van der Waals surface area (Å²) >= 11 is 0. The molecule has 0 bridgehead atoms. The van der Waals surface area contributed by atoms with Gasteiger partial charge >= 0.3 is 6.01 Å². The molecule has 0 aliphatic carbocycles. The van der Waals surface area contributed by atoms with Crippen LogP contribution in [0.15, 0.2) is 34.7 Å². The average Bonchev–Trinajstić information content (AvgIpc) is 3.60. The third-order valence-corrected chi connectivity index (χ3v) is 6.22. The van der Waals surface area contributed by atoms with Crippen molar-refractivity contribution < 1.29 is 31.5 Å². The number of aromatic nitrogens is 4. The number of piperazine rings is 1. The fourth-order valence-electron chi connectivity index (χ4n) is 4.05. The van der Waals surface area contributed by atoms with E-state index in [1.54, 1.807) is 6.07 Å². The number of anilines is 3. The lowest BCUT2D eigenvalue weighted by Crippen LogP contribution is -2.44. The van der Waals surface area contributed by atoms with Crippen molar-refractivity contribution in [1.82, 2.24) is 25.1 Å². The molecule has 1 saturated heterocycles. The van der Waals surface area contributed by atoms with Gasteiger partial charge in [-0.3, -0.25) is 5.10 Å². The number of furan rings is 1. The second kappa shape index (κ2) is 11.8. The Morgan fingerprint density at radius 3 is 2.44 bits per heavy atom. The van der Waals surface area contributed by atoms with E-state index in [9.17, 15) is 17.6 Å². The molecule has 1 aliphatic rings. The number of nitrogens with one attached hydrogen (secondary N) is 2. The van der Waals surface area contributed by atoms with E-state index in [2.05, 4.69) is 48.3 Å². The largest absolute Gasteiger partial charge is 0.463 e. The van der Waals surface area contributed by atoms with Gasteiger partial charge in [0.25, 0.3) is 0 Å². The van der Waals surface area contributed by atoms with Crippen LogP contribution in [0.4, 0.5) is 35.0 Å². The maximum Gasteiger partial charge on any atom is 0.320 e. The van der Waals surface area contributed by atoms with Crippen molar-refractivity contribution in [1.29, 1.82) is 0 Å². The van der Waals surface area contributed by atoms with Crippen molar-refractivity contribution in [2.45, 2.75) is 19.6 Å². The van der Waals surface area contributed by atoms with Gasteiger partial charge in [0.2, 0.25) is 17.7 Å². The molecule has 1 atom stereocenters. The number of nitrogens with zero attached hydrogens (tertiary/aromatic N) is 5. The van der Waals surface area contributed by atoms with Crippen LogP contribution in [0.1, 0.15) is 23.3 Å². The Hall–Kier alpha value is -4.77. The van der Waals surface area contributed by atoms with Gasteiger partial charge in [0.1, 0.15) is 24.0 Å². The van der Waals surface area contributed by atoms with Gasteiger partial charge in [0.05, 0.1) is 0 Å². The highest BCUT2D eigenvalue weighted by Gasteiger charge is 2.25. The summed E-state index contributed by atoms with van der Waals surface area (Å²) in [5, 5.41) is 10.2. The summed E-state index contributed by atoms with van der Waals surface area (Å²) in [7, 11) is 2.05. The number of H-pyrrole nitrogens is 1. The number of benzene rings is 1. The van der Waals surface area contributed by atoms with E-state index in [0.29, 0.717) is 17.5 Å². The zero-order valence-corrected chi connectivity index (χ0v) is 22.0. The number of hydrogen-bond donors (Lipinski definition) is 2. The fraction of sp³-hybridized carbons (Fsp3) is 0.296. The molecule has 10 nitrogen and oxygen atoms in total. The third-order valence-electron chi connectivity index (χ3n) is 6.22. The predicted molar refractivity (Wildman–Crippen MR) is 140 cm³/mol. The van der Waals surface area contributed by atoms with Gasteiger partial charge in [-0.05, 0) is 26.1 Å². The van der Waals surface area contributed by atoms with Crippen molar-refractivity contribution in [2.24, 2.45) is 0 Å². The molecule has 1 unspecified atom stereocenters. The van der Waals surface area contributed by atoms with E-state index in [1.807, 2.05) is 13.0 Å². The van der Waals surface area contributed by atoms with Crippen LogP contribution in [-0.2, 0) is 6.61 Å². The van der Waals surface area contributed by atoms with Gasteiger partial charge in [-0.25, -0.2) is 8.78 Å². The summed E-state index contributed by atoms with van der Waals surface area (Å²) < 4.78 is 71.8. The Morgan fingerprint density at radius 2 is 1.78 bits per heavy atom. The first kappa shape index (κ1) is 27.8. The second-order valence-electron chi connectivity index (χ2n) is 9.30. The smallest absolute Gasteiger partial charge is 0.320 e. The molecule has 41 heavy (non-hydrogen) atoms. The number of likely N-dealkylation sites (N-methyl/N-ethyl adjacent to an activating group) is 1. The van der Waals surface area contributed by atoms with Crippen LogP contribution in [0.5, 0.6) is 11.8 Å². The number of hydrogen-bond acceptors (Lipinski definition) is 9. The van der Waals surface area contributed by atoms with Gasteiger partial charge in [-0.2, -0.15) is 23.8 Å². The summed E-state index contributed by atoms with van der Waals surface area (Å²) in [4.78, 5) is 13.3. The van der Waals surface area contributed by atoms with Crippen molar-refractivity contribution in [2.75, 3.05) is 43.4 Å². The van der Waals surface area contributed by atoms with Crippen LogP contribution in [0, 0.1) is 42.5 Å². The maximum absolute atomic E-state index is 14.1. The minimum Gasteiger partial charge on any atom is -0.463 e. The molecule has 214 valence electrons. The van der Waals surface area contributed by atoms with Gasteiger partial charge in [-0.15, -0.1) is 6.42 Å². The fourth-order valence-corrected chi connectivity index (χ4v) is 4.05. The summed E-state index contributed by atoms with van der Waals surface area (Å²) in [5.41, 5.74) is 0.869. The minimum absolute atomic E-state index is 0.0436. The average molecular weight is 572 g/mol. The quantitative estimate of drug-likeness (QED) is 0.171. The Kier molecular flexibility index (Phi) is 7.97. The zero-order valence-electron chi connectivity index (χ0n) is 22.0. The molecular formula is C27H25F4N7O3. The molecule has 5 rings (SSSR count). The van der Waals surface area contributed by atoms with Crippen LogP contribution in [0.3, 0.4) is 0 Å². The Bertz CT molecular complexity index is 1550. The molecule has 0 radical (unpaired) electrons. The molecule has 4 aromatic rings. The Balaban J connectivity index is 1.32. The number of aryl methyl sites for hydroxylation is 1. The molecule has 1 aliphatic heterocycles. The predicted octanol–water partition coefficient (Wildman–Crippen LogP) is 4.49. The molecule has 1 fully saturated rings. The van der Waals surface area contributed by atoms with E-state index >= 15 is 0 Å². The molecule has 4 heterocycles. The Labute approximate surface area is 232 Å². The van der Waals surface area contributed by atoms with Crippen LogP contribution >= 0.6 is 0 Å². The van der Waals surface area contributed by atoms with Crippen LogP contribution < -0.4 is 19.7 Å². The molecule has 0 spiro atoms. The van der Waals surface area contributed by atoms with Gasteiger partial charge in [0, 0.05) is 50.1 Å². The summed E-state index contributed by atoms with van der Waals surface area (Å²) in [5.74, 6) is -3.94. The van der Waals surface area contributed by atoms with Crippen molar-refractivity contribution in [3.8, 4) is 24.1 Å². The molecule has 1 aromatic carbocycles. The standard InChI is InChI=1S/C27H25F4N7O3/c1-4-19(41-26-24(30)17(28)12-18(29)25(26)31)20-6-5-16(40-20)14-39-27-33-21(32-22-11-15(2)35-36-22)13-23(34-27)38-9-7-37(3)8-10-38/h1,5-6,11-13,19H,7-10,14H2,2-3H3,(H2,32,33,34,35,36). The monoisotopic (exact) mass is 571 g/mol. The lowest BCUT2D eigenvalue weighted by molar-refractivity contribution is 0.192. The van der Waals surface area contributed by atoms with Gasteiger partial charge < -0.3 is 29.0 Å². The number of ether oxygens (including phenoxy) is 2. The number of terminal acetylenes is 1. The summed E-state index contributed by atoms with van der Waals surface area (Å²) in [6.07, 6.45) is 3.95. The first-order valence-corrected chi connectivity index (χ1v) is 12.5. The summed E-state index contributed by atoms with van der Waals surface area (Å²) in [6.45, 7) is 5.00. The van der Waals surface area contributed by atoms with E-state index in [-0.39, 0.29) is 30.2 Å². The lowest BCUT2D eigenvalue weighted by atomic mass is 10.2. The maximum atomic E-state index is 14.1. The van der Waals surface area contributed by atoms with Crippen LogP contribution in [0.25, 0.3) is 0 Å². The van der Waals surface area contributed by atoms with Crippen molar-refractivity contribution in [3.05, 3.63) is 70.8 Å². The highest BCUT2D eigenvalue weighted by Crippen LogP contribution is 2.31. The number of rotatable bonds is 9. The van der Waals surface area contributed by atoms with Crippen molar-refractivity contribution >= 4 is 17.5 Å². The van der Waals surface area contributed by atoms with Crippen LogP contribution in [0.2, 0.25) is 0 Å². The van der Waals surface area contributed by atoms with E-state index in [1.165, 1.54) is 12.1 Å². The van der Waals surface area contributed by atoms with Gasteiger partial charge in [-0.1, -0.05) is 5.92 Å². The third kappa shape index (κ3) is 6.36. The molecule has 0 saturated carbocycles. The summed E-state index contributed by atoms with van der Waals surface area (Å²) in [6, 6.07) is 6.64. The highest BCUT2D eigenvalue weighted by molar-refractivity contribution is 5.57. The molecular weight excluding hydrogens is 546 g/mol. The Morgan fingerprint density at radius 1 is 1.05 bits per heavy atom. The van der Waals surface area contributed by atoms with Crippen molar-refractivity contribution in [3.63, 3.8) is 0 Å². The van der Waals surface area contributed by atoms with E-state index < -0.39 is 35.1 Å². The first-order chi connectivity index (χ1) is 19.7. The molecule has 14 heteroatoms. The van der Waals surface area contributed by atoms with Crippen LogP contribution in [-0.4, -0.2) is 58.3 Å². The SMILES string of the molecule is C#CC(Oc1c(F)c(F)cc(F)c1F)c1ccc(COc2nc(Nc3cc(C)[nH]n3)cc(N3CCN(C)CC3)n2)o1. The molecule has 3 aromatic heterocycles. The van der Waals surface area contributed by atoms with Gasteiger partial charge in [0.15, 0.2) is 29.0 Å². The number of halogens is 4. The number of aromatic amines is 1. The second-order valence-corrected chi connectivity index (χ2v) is 9.30. The molecule has 0 amide bonds. The zero-order chi connectivity index (χ0) is 29.1.